The second-order valence-electron chi connectivity index (χ2n) is 4.28. The maximum atomic E-state index is 10.6. The third-order valence-electron chi connectivity index (χ3n) is 2.72. The van der Waals surface area contributed by atoms with Gasteiger partial charge in [0.1, 0.15) is 12.4 Å². The minimum atomic E-state index is -1.04. The topological polar surface area (TPSA) is 111 Å². The van der Waals surface area contributed by atoms with Crippen LogP contribution in [0.25, 0.3) is 0 Å². The van der Waals surface area contributed by atoms with Gasteiger partial charge in [0.25, 0.3) is 0 Å². The molecule has 21 heavy (non-hydrogen) atoms. The Morgan fingerprint density at radius 3 is 2.52 bits per heavy atom. The molecule has 0 radical (unpaired) electrons. The Morgan fingerprint density at radius 1 is 1.14 bits per heavy atom. The number of hydrogen-bond acceptors (Lipinski definition) is 5. The summed E-state index contributed by atoms with van der Waals surface area (Å²) in [6.45, 7) is 0.346. The summed E-state index contributed by atoms with van der Waals surface area (Å²) in [5.74, 6) is 0.0567. The predicted octanol–water partition coefficient (Wildman–Crippen LogP) is 2.27. The third kappa shape index (κ3) is 3.97. The van der Waals surface area contributed by atoms with E-state index in [0.717, 1.165) is 5.56 Å². The third-order valence-corrected chi connectivity index (χ3v) is 2.72. The second kappa shape index (κ2) is 6.42. The number of hydrogen-bond donors (Lipinski definition) is 3. The molecule has 5 N–H and O–H groups in total. The van der Waals surface area contributed by atoms with E-state index in [1.165, 1.54) is 6.07 Å². The van der Waals surface area contributed by atoms with Gasteiger partial charge in [0, 0.05) is 5.56 Å². The van der Waals surface area contributed by atoms with Crippen molar-refractivity contribution in [2.24, 2.45) is 5.73 Å². The van der Waals surface area contributed by atoms with Gasteiger partial charge in [-0.1, -0.05) is 30.3 Å². The Balaban J connectivity index is 2.12. The molecule has 6 heteroatoms. The van der Waals surface area contributed by atoms with Crippen LogP contribution in [0, 0.1) is 5.41 Å². The standard InChI is InChI=1S/C15H15N3O3/c16-12-7-6-11(14(17)21-15(18)19)8-13(12)20-9-10-4-2-1-3-5-10/h1-8,17H,9,16H2,(H2,18,19). The van der Waals surface area contributed by atoms with Gasteiger partial charge in [-0.15, -0.1) is 0 Å². The highest BCUT2D eigenvalue weighted by Crippen LogP contribution is 2.24. The van der Waals surface area contributed by atoms with Crippen LogP contribution >= 0.6 is 0 Å². The van der Waals surface area contributed by atoms with Crippen molar-refractivity contribution in [3.63, 3.8) is 0 Å². The summed E-state index contributed by atoms with van der Waals surface area (Å²) >= 11 is 0. The highest BCUT2D eigenvalue weighted by Gasteiger charge is 2.10. The van der Waals surface area contributed by atoms with Gasteiger partial charge < -0.3 is 20.9 Å². The zero-order valence-corrected chi connectivity index (χ0v) is 11.2. The molecule has 0 aliphatic heterocycles. The minimum absolute atomic E-state index is 0.346. The van der Waals surface area contributed by atoms with Crippen LogP contribution in [0.2, 0.25) is 0 Å². The first-order valence-electron chi connectivity index (χ1n) is 6.18. The highest BCUT2D eigenvalue weighted by atomic mass is 16.6. The number of nitrogens with one attached hydrogen (secondary N) is 1. The van der Waals surface area contributed by atoms with Gasteiger partial charge in [0.15, 0.2) is 0 Å². The van der Waals surface area contributed by atoms with Crippen LogP contribution in [0.1, 0.15) is 11.1 Å². The van der Waals surface area contributed by atoms with Crippen molar-refractivity contribution in [2.45, 2.75) is 6.61 Å². The quantitative estimate of drug-likeness (QED) is 0.454. The number of nitrogens with two attached hydrogens (primary N) is 2. The molecule has 2 rings (SSSR count). The molecule has 108 valence electrons. The van der Waals surface area contributed by atoms with Gasteiger partial charge in [0.05, 0.1) is 5.69 Å². The van der Waals surface area contributed by atoms with E-state index < -0.39 is 6.09 Å². The molecular formula is C15H15N3O3. The molecule has 1 amide bonds. The zero-order valence-electron chi connectivity index (χ0n) is 11.2. The van der Waals surface area contributed by atoms with Gasteiger partial charge in [0.2, 0.25) is 5.90 Å². The summed E-state index contributed by atoms with van der Waals surface area (Å²) in [6, 6.07) is 14.3. The maximum Gasteiger partial charge on any atom is 0.411 e. The van der Waals surface area contributed by atoms with E-state index in [1.807, 2.05) is 30.3 Å². The zero-order chi connectivity index (χ0) is 15.2. The number of amides is 1. The van der Waals surface area contributed by atoms with Crippen LogP contribution in [0.3, 0.4) is 0 Å². The fourth-order valence-electron chi connectivity index (χ4n) is 1.70. The lowest BCUT2D eigenvalue weighted by Gasteiger charge is -2.11. The largest absolute Gasteiger partial charge is 0.487 e. The molecule has 0 spiro atoms. The molecule has 6 nitrogen and oxygen atoms in total. The lowest BCUT2D eigenvalue weighted by Crippen LogP contribution is -2.18. The Bertz CT molecular complexity index is 656. The van der Waals surface area contributed by atoms with E-state index in [-0.39, 0.29) is 5.90 Å². The number of primary amides is 1. The minimum Gasteiger partial charge on any atom is -0.487 e. The summed E-state index contributed by atoms with van der Waals surface area (Å²) in [6.07, 6.45) is -1.04. The van der Waals surface area contributed by atoms with E-state index in [4.69, 9.17) is 21.6 Å². The van der Waals surface area contributed by atoms with Crippen molar-refractivity contribution in [3.05, 3.63) is 59.7 Å². The first-order valence-corrected chi connectivity index (χ1v) is 6.18. The molecule has 2 aromatic rings. The number of ether oxygens (including phenoxy) is 2. The van der Waals surface area contributed by atoms with Crippen molar-refractivity contribution in [3.8, 4) is 5.75 Å². The van der Waals surface area contributed by atoms with E-state index in [2.05, 4.69) is 4.74 Å². The number of nitrogen functional groups attached to an aromatic ring is 1. The SMILES string of the molecule is N=C(OC(N)=O)c1ccc(N)c(OCc2ccccc2)c1. The van der Waals surface area contributed by atoms with Crippen LogP contribution < -0.4 is 16.2 Å². The van der Waals surface area contributed by atoms with Crippen LogP contribution in [0.15, 0.2) is 48.5 Å². The van der Waals surface area contributed by atoms with Crippen LogP contribution in [-0.2, 0) is 11.3 Å². The lowest BCUT2D eigenvalue weighted by atomic mass is 10.2. The van der Waals surface area contributed by atoms with Gasteiger partial charge in [-0.2, -0.15) is 0 Å². The maximum absolute atomic E-state index is 10.6. The van der Waals surface area contributed by atoms with Crippen LogP contribution in [-0.4, -0.2) is 12.0 Å². The summed E-state index contributed by atoms with van der Waals surface area (Å²) in [4.78, 5) is 10.6. The normalized spacial score (nSPS) is 9.90. The average Bonchev–Trinajstić information content (AvgIpc) is 2.46. The number of rotatable bonds is 4. The first-order chi connectivity index (χ1) is 10.1. The van der Waals surface area contributed by atoms with Gasteiger partial charge in [-0.25, -0.2) is 4.79 Å². The first kappa shape index (κ1) is 14.4. The van der Waals surface area contributed by atoms with Gasteiger partial charge in [-0.3, -0.25) is 5.41 Å². The molecule has 0 saturated carbocycles. The fourth-order valence-corrected chi connectivity index (χ4v) is 1.70. The van der Waals surface area contributed by atoms with E-state index in [9.17, 15) is 4.79 Å². The summed E-state index contributed by atoms with van der Waals surface area (Å²) in [7, 11) is 0. The number of anilines is 1. The molecule has 0 fully saturated rings. The molecule has 2 aromatic carbocycles. The van der Waals surface area contributed by atoms with Crippen molar-refractivity contribution in [1.82, 2.24) is 0 Å². The van der Waals surface area contributed by atoms with Crippen LogP contribution in [0.5, 0.6) is 5.75 Å². The lowest BCUT2D eigenvalue weighted by molar-refractivity contribution is 0.207. The molecule has 0 aliphatic carbocycles. The summed E-state index contributed by atoms with van der Waals surface area (Å²) in [5, 5.41) is 7.60. The Labute approximate surface area is 121 Å². The Morgan fingerprint density at radius 2 is 1.86 bits per heavy atom. The monoisotopic (exact) mass is 285 g/mol. The molecule has 0 atom stereocenters. The summed E-state index contributed by atoms with van der Waals surface area (Å²) < 4.78 is 10.1. The van der Waals surface area contributed by atoms with E-state index in [1.54, 1.807) is 12.1 Å². The predicted molar refractivity (Wildman–Crippen MR) is 79.1 cm³/mol. The van der Waals surface area contributed by atoms with Gasteiger partial charge in [-0.05, 0) is 23.8 Å². The Hall–Kier alpha value is -3.02. The highest BCUT2D eigenvalue weighted by molar-refractivity contribution is 5.98. The number of benzene rings is 2. The van der Waals surface area contributed by atoms with Crippen molar-refractivity contribution >= 4 is 17.7 Å². The summed E-state index contributed by atoms with van der Waals surface area (Å²) in [5.41, 5.74) is 12.5. The molecule has 0 bridgehead atoms. The average molecular weight is 285 g/mol. The molecular weight excluding hydrogens is 270 g/mol. The van der Waals surface area contributed by atoms with E-state index >= 15 is 0 Å². The van der Waals surface area contributed by atoms with Crippen LogP contribution in [0.4, 0.5) is 10.5 Å². The Kier molecular flexibility index (Phi) is 4.40. The van der Waals surface area contributed by atoms with Gasteiger partial charge >= 0.3 is 6.09 Å². The van der Waals surface area contributed by atoms with Crippen molar-refractivity contribution in [2.75, 3.05) is 5.73 Å². The smallest absolute Gasteiger partial charge is 0.411 e. The molecule has 0 unspecified atom stereocenters. The molecule has 0 aromatic heterocycles. The van der Waals surface area contributed by atoms with E-state index in [0.29, 0.717) is 23.6 Å². The number of carbonyl (C=O) groups excluding carboxylic acids is 1. The van der Waals surface area contributed by atoms with Crippen molar-refractivity contribution < 1.29 is 14.3 Å². The number of carbonyl (C=O) groups is 1. The molecule has 0 aliphatic rings. The molecule has 0 heterocycles. The molecule has 0 saturated heterocycles. The second-order valence-corrected chi connectivity index (χ2v) is 4.28. The van der Waals surface area contributed by atoms with Crippen molar-refractivity contribution in [1.29, 1.82) is 5.41 Å². The fraction of sp³-hybridized carbons (Fsp3) is 0.0667.